The van der Waals surface area contributed by atoms with Crippen LogP contribution in [0.25, 0.3) is 5.69 Å². The molecule has 0 aliphatic carbocycles. The van der Waals surface area contributed by atoms with Gasteiger partial charge in [0.15, 0.2) is 0 Å². The van der Waals surface area contributed by atoms with Gasteiger partial charge in [0.25, 0.3) is 5.91 Å². The molecule has 1 aliphatic heterocycles. The summed E-state index contributed by atoms with van der Waals surface area (Å²) >= 11 is 0. The molecule has 0 saturated carbocycles. The van der Waals surface area contributed by atoms with Crippen molar-refractivity contribution in [2.24, 2.45) is 0 Å². The summed E-state index contributed by atoms with van der Waals surface area (Å²) in [5, 5.41) is 10.8. The van der Waals surface area contributed by atoms with Crippen molar-refractivity contribution in [3.63, 3.8) is 0 Å². The molecule has 0 spiro atoms. The molecule has 1 N–H and O–H groups in total. The van der Waals surface area contributed by atoms with Gasteiger partial charge in [-0.05, 0) is 42.7 Å². The van der Waals surface area contributed by atoms with Gasteiger partial charge in [0.2, 0.25) is 5.82 Å². The summed E-state index contributed by atoms with van der Waals surface area (Å²) in [7, 11) is 0. The normalized spacial score (nSPS) is 15.3. The third-order valence-electron chi connectivity index (χ3n) is 5.00. The number of amides is 1. The van der Waals surface area contributed by atoms with Crippen LogP contribution in [0.3, 0.4) is 0 Å². The Balaban J connectivity index is 1.47. The average molecular weight is 365 g/mol. The number of nitrogens with zero attached hydrogens (tertiary/aromatic N) is 6. The summed E-state index contributed by atoms with van der Waals surface area (Å²) in [4.78, 5) is 20.6. The predicted octanol–water partition coefficient (Wildman–Crippen LogP) is 1.57. The van der Waals surface area contributed by atoms with Crippen molar-refractivity contribution >= 4 is 5.91 Å². The van der Waals surface area contributed by atoms with E-state index in [0.717, 1.165) is 25.3 Å². The molecule has 1 aromatic carbocycles. The second-order valence-corrected chi connectivity index (χ2v) is 6.93. The number of hydrogen-bond acceptors (Lipinski definition) is 5. The van der Waals surface area contributed by atoms with E-state index in [1.54, 1.807) is 6.20 Å². The molecule has 27 heavy (non-hydrogen) atoms. The SMILES string of the molecule is Cc1cc(C)c(CN2CCN(C(=O)c3ncn[nH]3)CC2)c(-n2cccn2)c1. The quantitative estimate of drug-likeness (QED) is 0.759. The van der Waals surface area contributed by atoms with Crippen molar-refractivity contribution in [2.75, 3.05) is 26.2 Å². The first-order chi connectivity index (χ1) is 13.1. The molecule has 1 saturated heterocycles. The lowest BCUT2D eigenvalue weighted by molar-refractivity contribution is 0.0616. The van der Waals surface area contributed by atoms with E-state index in [4.69, 9.17) is 0 Å². The number of carbonyl (C=O) groups excluding carboxylic acids is 1. The fourth-order valence-electron chi connectivity index (χ4n) is 3.59. The second-order valence-electron chi connectivity index (χ2n) is 6.93. The van der Waals surface area contributed by atoms with Crippen molar-refractivity contribution in [2.45, 2.75) is 20.4 Å². The third-order valence-corrected chi connectivity index (χ3v) is 5.00. The monoisotopic (exact) mass is 365 g/mol. The number of hydrogen-bond donors (Lipinski definition) is 1. The molecule has 1 fully saturated rings. The Kier molecular flexibility index (Phi) is 4.72. The van der Waals surface area contributed by atoms with Gasteiger partial charge >= 0.3 is 0 Å². The standard InChI is InChI=1S/C19H23N7O/c1-14-10-15(2)16(17(11-14)26-5-3-4-22-26)12-24-6-8-25(9-7-24)19(27)18-20-13-21-23-18/h3-5,10-11,13H,6-9,12H2,1-2H3,(H,20,21,23). The molecule has 0 atom stereocenters. The summed E-state index contributed by atoms with van der Waals surface area (Å²) in [5.74, 6) is 0.217. The van der Waals surface area contributed by atoms with Crippen molar-refractivity contribution in [3.8, 4) is 5.69 Å². The Labute approximate surface area is 157 Å². The minimum atomic E-state index is -0.0871. The Morgan fingerprint density at radius 1 is 1.19 bits per heavy atom. The van der Waals surface area contributed by atoms with Gasteiger partial charge < -0.3 is 4.90 Å². The number of H-pyrrole nitrogens is 1. The molecule has 3 heterocycles. The van der Waals surface area contributed by atoms with Crippen molar-refractivity contribution in [3.05, 3.63) is 59.4 Å². The molecule has 0 radical (unpaired) electrons. The van der Waals surface area contributed by atoms with Crippen LogP contribution in [0.2, 0.25) is 0 Å². The van der Waals surface area contributed by atoms with Crippen molar-refractivity contribution in [1.29, 1.82) is 0 Å². The van der Waals surface area contributed by atoms with Gasteiger partial charge in [-0.15, -0.1) is 0 Å². The maximum absolute atomic E-state index is 12.4. The van der Waals surface area contributed by atoms with Crippen LogP contribution >= 0.6 is 0 Å². The molecule has 1 aliphatic rings. The van der Waals surface area contributed by atoms with Gasteiger partial charge in [-0.3, -0.25) is 14.8 Å². The van der Waals surface area contributed by atoms with E-state index in [1.807, 2.05) is 21.8 Å². The first-order valence-electron chi connectivity index (χ1n) is 9.09. The van der Waals surface area contributed by atoms with Gasteiger partial charge in [-0.25, -0.2) is 9.67 Å². The minimum Gasteiger partial charge on any atom is -0.333 e. The molecule has 0 bridgehead atoms. The maximum Gasteiger partial charge on any atom is 0.291 e. The number of benzene rings is 1. The highest BCUT2D eigenvalue weighted by Gasteiger charge is 2.24. The van der Waals surface area contributed by atoms with E-state index in [9.17, 15) is 4.79 Å². The summed E-state index contributed by atoms with van der Waals surface area (Å²) < 4.78 is 1.93. The highest BCUT2D eigenvalue weighted by atomic mass is 16.2. The lowest BCUT2D eigenvalue weighted by Crippen LogP contribution is -2.48. The number of aromatic amines is 1. The molecule has 8 nitrogen and oxygen atoms in total. The van der Waals surface area contributed by atoms with Crippen LogP contribution in [0.15, 0.2) is 36.9 Å². The van der Waals surface area contributed by atoms with Gasteiger partial charge in [-0.1, -0.05) is 6.07 Å². The van der Waals surface area contributed by atoms with Crippen LogP contribution in [-0.2, 0) is 6.54 Å². The van der Waals surface area contributed by atoms with E-state index in [0.29, 0.717) is 18.9 Å². The third kappa shape index (κ3) is 3.61. The predicted molar refractivity (Wildman–Crippen MR) is 101 cm³/mol. The average Bonchev–Trinajstić information content (AvgIpc) is 3.37. The van der Waals surface area contributed by atoms with Crippen molar-refractivity contribution in [1.82, 2.24) is 34.8 Å². The highest BCUT2D eigenvalue weighted by molar-refractivity contribution is 5.90. The number of aryl methyl sites for hydroxylation is 2. The van der Waals surface area contributed by atoms with Crippen LogP contribution in [0.4, 0.5) is 0 Å². The van der Waals surface area contributed by atoms with E-state index in [1.165, 1.54) is 23.0 Å². The molecular formula is C19H23N7O. The lowest BCUT2D eigenvalue weighted by atomic mass is 10.0. The van der Waals surface area contributed by atoms with E-state index < -0.39 is 0 Å². The van der Waals surface area contributed by atoms with Gasteiger partial charge in [0.05, 0.1) is 5.69 Å². The molecule has 140 valence electrons. The van der Waals surface area contributed by atoms with Crippen LogP contribution < -0.4 is 0 Å². The second kappa shape index (κ2) is 7.32. The van der Waals surface area contributed by atoms with Gasteiger partial charge in [0, 0.05) is 45.1 Å². The van der Waals surface area contributed by atoms with E-state index >= 15 is 0 Å². The van der Waals surface area contributed by atoms with E-state index in [2.05, 4.69) is 51.2 Å². The topological polar surface area (TPSA) is 82.9 Å². The molecule has 2 aromatic heterocycles. The summed E-state index contributed by atoms with van der Waals surface area (Å²) in [6.45, 7) is 8.11. The maximum atomic E-state index is 12.4. The molecule has 8 heteroatoms. The number of aromatic nitrogens is 5. The van der Waals surface area contributed by atoms with Crippen LogP contribution in [0.1, 0.15) is 27.3 Å². The Morgan fingerprint density at radius 3 is 2.67 bits per heavy atom. The Bertz CT molecular complexity index is 910. The minimum absolute atomic E-state index is 0.0871. The molecule has 4 rings (SSSR count). The van der Waals surface area contributed by atoms with Crippen LogP contribution in [0.5, 0.6) is 0 Å². The number of rotatable bonds is 4. The number of nitrogens with one attached hydrogen (secondary N) is 1. The molecular weight excluding hydrogens is 342 g/mol. The Morgan fingerprint density at radius 2 is 2.00 bits per heavy atom. The number of carbonyl (C=O) groups is 1. The van der Waals surface area contributed by atoms with Gasteiger partial charge in [0.1, 0.15) is 6.33 Å². The molecule has 0 unspecified atom stereocenters. The Hall–Kier alpha value is -3.00. The number of piperazine rings is 1. The largest absolute Gasteiger partial charge is 0.333 e. The lowest BCUT2D eigenvalue weighted by Gasteiger charge is -2.35. The van der Waals surface area contributed by atoms with Crippen LogP contribution in [-0.4, -0.2) is 66.8 Å². The zero-order chi connectivity index (χ0) is 18.8. The zero-order valence-electron chi connectivity index (χ0n) is 15.6. The first kappa shape index (κ1) is 17.4. The summed E-state index contributed by atoms with van der Waals surface area (Å²) in [6.07, 6.45) is 5.14. The highest BCUT2D eigenvalue weighted by Crippen LogP contribution is 2.23. The fraction of sp³-hybridized carbons (Fsp3) is 0.368. The van der Waals surface area contributed by atoms with Gasteiger partial charge in [-0.2, -0.15) is 10.2 Å². The first-order valence-corrected chi connectivity index (χ1v) is 9.09. The smallest absolute Gasteiger partial charge is 0.291 e. The van der Waals surface area contributed by atoms with Crippen molar-refractivity contribution < 1.29 is 4.79 Å². The summed E-state index contributed by atoms with van der Waals surface area (Å²) in [5.41, 5.74) is 4.89. The van der Waals surface area contributed by atoms with Crippen LogP contribution in [0, 0.1) is 13.8 Å². The molecule has 3 aromatic rings. The van der Waals surface area contributed by atoms with E-state index in [-0.39, 0.29) is 5.91 Å². The fourth-order valence-corrected chi connectivity index (χ4v) is 3.59. The zero-order valence-corrected chi connectivity index (χ0v) is 15.6. The summed E-state index contributed by atoms with van der Waals surface area (Å²) in [6, 6.07) is 6.33. The molecule has 1 amide bonds.